The van der Waals surface area contributed by atoms with Crippen molar-refractivity contribution < 1.29 is 28.6 Å². The first-order chi connectivity index (χ1) is 12.6. The second kappa shape index (κ2) is 10.4. The predicted octanol–water partition coefficient (Wildman–Crippen LogP) is 0.654. The van der Waals surface area contributed by atoms with Gasteiger partial charge in [-0.25, -0.2) is 0 Å². The van der Waals surface area contributed by atoms with Gasteiger partial charge in [-0.15, -0.1) is 0 Å². The summed E-state index contributed by atoms with van der Waals surface area (Å²) in [6.45, 7) is 2.83. The maximum atomic E-state index is 12.0. The molecule has 1 aromatic carbocycles. The van der Waals surface area contributed by atoms with Crippen LogP contribution < -0.4 is 15.4 Å². The number of amides is 2. The summed E-state index contributed by atoms with van der Waals surface area (Å²) in [7, 11) is 0. The van der Waals surface area contributed by atoms with E-state index in [4.69, 9.17) is 14.2 Å². The van der Waals surface area contributed by atoms with E-state index >= 15 is 0 Å². The van der Waals surface area contributed by atoms with Crippen LogP contribution in [0.2, 0.25) is 0 Å². The van der Waals surface area contributed by atoms with Gasteiger partial charge in [-0.2, -0.15) is 0 Å². The molecule has 1 heterocycles. The van der Waals surface area contributed by atoms with E-state index in [0.717, 1.165) is 12.8 Å². The first kappa shape index (κ1) is 19.7. The van der Waals surface area contributed by atoms with Crippen molar-refractivity contribution >= 4 is 17.8 Å². The summed E-state index contributed by atoms with van der Waals surface area (Å²) in [5, 5.41) is 5.09. The van der Waals surface area contributed by atoms with Crippen molar-refractivity contribution in [3.05, 3.63) is 29.8 Å². The van der Waals surface area contributed by atoms with Crippen LogP contribution in [0.1, 0.15) is 30.1 Å². The van der Waals surface area contributed by atoms with Crippen LogP contribution >= 0.6 is 0 Å². The van der Waals surface area contributed by atoms with Gasteiger partial charge in [0, 0.05) is 18.7 Å². The Hall–Kier alpha value is -2.61. The highest BCUT2D eigenvalue weighted by atomic mass is 16.5. The van der Waals surface area contributed by atoms with Gasteiger partial charge < -0.3 is 24.8 Å². The molecule has 142 valence electrons. The molecule has 2 amide bonds. The predicted molar refractivity (Wildman–Crippen MR) is 92.9 cm³/mol. The van der Waals surface area contributed by atoms with Crippen LogP contribution in [0.5, 0.6) is 5.75 Å². The molecule has 0 unspecified atom stereocenters. The lowest BCUT2D eigenvalue weighted by atomic mass is 10.2. The lowest BCUT2D eigenvalue weighted by molar-refractivity contribution is -0.147. The van der Waals surface area contributed by atoms with E-state index in [9.17, 15) is 14.4 Å². The minimum atomic E-state index is -0.684. The summed E-state index contributed by atoms with van der Waals surface area (Å²) >= 11 is 0. The van der Waals surface area contributed by atoms with Gasteiger partial charge in [0.1, 0.15) is 12.3 Å². The molecular formula is C18H24N2O6. The summed E-state index contributed by atoms with van der Waals surface area (Å²) in [5.41, 5.74) is 0.399. The molecule has 0 bridgehead atoms. The quantitative estimate of drug-likeness (QED) is 0.624. The van der Waals surface area contributed by atoms with Crippen molar-refractivity contribution in [1.82, 2.24) is 10.6 Å². The van der Waals surface area contributed by atoms with Crippen LogP contribution in [-0.2, 0) is 19.1 Å². The van der Waals surface area contributed by atoms with Gasteiger partial charge in [-0.3, -0.25) is 14.4 Å². The molecule has 2 rings (SSSR count). The van der Waals surface area contributed by atoms with E-state index in [0.29, 0.717) is 31.1 Å². The topological polar surface area (TPSA) is 103 Å². The van der Waals surface area contributed by atoms with Gasteiger partial charge in [0.2, 0.25) is 0 Å². The Morgan fingerprint density at radius 2 is 1.96 bits per heavy atom. The molecule has 1 aromatic rings. The monoisotopic (exact) mass is 364 g/mol. The zero-order valence-corrected chi connectivity index (χ0v) is 14.8. The van der Waals surface area contributed by atoms with Crippen molar-refractivity contribution in [2.75, 3.05) is 32.9 Å². The molecule has 0 aliphatic carbocycles. The molecule has 8 heteroatoms. The van der Waals surface area contributed by atoms with E-state index in [-0.39, 0.29) is 19.3 Å². The maximum absolute atomic E-state index is 12.0. The van der Waals surface area contributed by atoms with Crippen LogP contribution in [0, 0.1) is 0 Å². The average molecular weight is 364 g/mol. The lowest BCUT2D eigenvalue weighted by Crippen LogP contribution is -2.36. The third kappa shape index (κ3) is 6.72. The fraction of sp³-hybridized carbons (Fsp3) is 0.500. The summed E-state index contributed by atoms with van der Waals surface area (Å²) in [5.74, 6) is -0.825. The summed E-state index contributed by atoms with van der Waals surface area (Å²) in [6.07, 6.45) is 1.93. The molecule has 2 N–H and O–H groups in total. The number of benzene rings is 1. The molecule has 0 saturated carbocycles. The lowest BCUT2D eigenvalue weighted by Gasteiger charge is -2.11. The van der Waals surface area contributed by atoms with E-state index in [1.807, 2.05) is 6.92 Å². The second-order valence-corrected chi connectivity index (χ2v) is 5.74. The number of esters is 1. The van der Waals surface area contributed by atoms with E-state index in [2.05, 4.69) is 10.6 Å². The third-order valence-corrected chi connectivity index (χ3v) is 3.74. The highest BCUT2D eigenvalue weighted by molar-refractivity contribution is 5.96. The maximum Gasteiger partial charge on any atom is 0.325 e. The molecule has 1 atom stereocenters. The molecule has 1 saturated heterocycles. The van der Waals surface area contributed by atoms with Crippen molar-refractivity contribution in [1.29, 1.82) is 0 Å². The Morgan fingerprint density at radius 3 is 2.62 bits per heavy atom. The van der Waals surface area contributed by atoms with Gasteiger partial charge in [0.15, 0.2) is 6.61 Å². The first-order valence-electron chi connectivity index (χ1n) is 8.63. The summed E-state index contributed by atoms with van der Waals surface area (Å²) in [6, 6.07) is 6.55. The Labute approximate surface area is 152 Å². The van der Waals surface area contributed by atoms with Gasteiger partial charge in [-0.05, 0) is 44.0 Å². The Balaban J connectivity index is 1.62. The number of hydrogen-bond acceptors (Lipinski definition) is 6. The van der Waals surface area contributed by atoms with Crippen LogP contribution in [0.3, 0.4) is 0 Å². The molecule has 0 aromatic heterocycles. The zero-order chi connectivity index (χ0) is 18.8. The smallest absolute Gasteiger partial charge is 0.325 e. The largest absolute Gasteiger partial charge is 0.494 e. The molecule has 26 heavy (non-hydrogen) atoms. The second-order valence-electron chi connectivity index (χ2n) is 5.74. The average Bonchev–Trinajstić information content (AvgIpc) is 3.17. The van der Waals surface area contributed by atoms with Crippen molar-refractivity contribution in [3.8, 4) is 5.75 Å². The molecule has 1 aliphatic heterocycles. The van der Waals surface area contributed by atoms with Crippen molar-refractivity contribution in [3.63, 3.8) is 0 Å². The van der Waals surface area contributed by atoms with E-state index in [1.54, 1.807) is 24.3 Å². The zero-order valence-electron chi connectivity index (χ0n) is 14.8. The van der Waals surface area contributed by atoms with Gasteiger partial charge in [0.25, 0.3) is 11.8 Å². The molecule has 8 nitrogen and oxygen atoms in total. The van der Waals surface area contributed by atoms with E-state index in [1.165, 1.54) is 0 Å². The number of carbonyl (C=O) groups excluding carboxylic acids is 3. The van der Waals surface area contributed by atoms with Gasteiger partial charge in [0.05, 0.1) is 12.7 Å². The Bertz CT molecular complexity index is 611. The number of nitrogens with one attached hydrogen (secondary N) is 2. The van der Waals surface area contributed by atoms with Crippen LogP contribution in [-0.4, -0.2) is 56.8 Å². The molecule has 1 aliphatic rings. The molecule has 0 radical (unpaired) electrons. The van der Waals surface area contributed by atoms with Crippen LogP contribution in [0.25, 0.3) is 0 Å². The minimum absolute atomic E-state index is 0.0306. The number of rotatable bonds is 9. The minimum Gasteiger partial charge on any atom is -0.494 e. The number of ether oxygens (including phenoxy) is 3. The van der Waals surface area contributed by atoms with Gasteiger partial charge >= 0.3 is 5.97 Å². The van der Waals surface area contributed by atoms with Crippen molar-refractivity contribution in [2.24, 2.45) is 0 Å². The number of carbonyl (C=O) groups is 3. The first-order valence-corrected chi connectivity index (χ1v) is 8.63. The molecular weight excluding hydrogens is 340 g/mol. The van der Waals surface area contributed by atoms with Crippen LogP contribution in [0.4, 0.5) is 0 Å². The van der Waals surface area contributed by atoms with Crippen LogP contribution in [0.15, 0.2) is 24.3 Å². The SMILES string of the molecule is CCOc1ccc(C(=O)NCC(=O)OCC(=O)NC[C@@H]2CCCO2)cc1. The fourth-order valence-electron chi connectivity index (χ4n) is 2.40. The number of hydrogen-bond donors (Lipinski definition) is 2. The van der Waals surface area contributed by atoms with Gasteiger partial charge in [-0.1, -0.05) is 0 Å². The summed E-state index contributed by atoms with van der Waals surface area (Å²) in [4.78, 5) is 35.2. The highest BCUT2D eigenvalue weighted by Crippen LogP contribution is 2.12. The summed E-state index contributed by atoms with van der Waals surface area (Å²) < 4.78 is 15.5. The van der Waals surface area contributed by atoms with Crippen molar-refractivity contribution in [2.45, 2.75) is 25.9 Å². The Kier molecular flexibility index (Phi) is 7.88. The highest BCUT2D eigenvalue weighted by Gasteiger charge is 2.17. The molecule has 0 spiro atoms. The standard InChI is InChI=1S/C18H24N2O6/c1-2-24-14-7-5-13(6-8-14)18(23)20-11-17(22)26-12-16(21)19-10-15-4-3-9-25-15/h5-8,15H,2-4,9-12H2,1H3,(H,19,21)(H,20,23)/t15-/m0/s1. The Morgan fingerprint density at radius 1 is 1.19 bits per heavy atom. The fourth-order valence-corrected chi connectivity index (χ4v) is 2.40. The van der Waals surface area contributed by atoms with E-state index < -0.39 is 17.8 Å². The third-order valence-electron chi connectivity index (χ3n) is 3.74. The normalized spacial score (nSPS) is 16.0. The molecule has 1 fully saturated rings.